The van der Waals surface area contributed by atoms with Crippen molar-refractivity contribution in [2.45, 2.75) is 40.0 Å². The zero-order valence-electron chi connectivity index (χ0n) is 11.1. The SMILES string of the molecule is Cc1csc(Cc2nc(=S)c(C(C)C)c(C)[nH]2)n1. The molecule has 0 aliphatic heterocycles. The average Bonchev–Trinajstić information content (AvgIpc) is 2.62. The molecule has 5 heteroatoms. The molecule has 0 aliphatic carbocycles. The van der Waals surface area contributed by atoms with Gasteiger partial charge in [0.25, 0.3) is 0 Å². The first-order valence-electron chi connectivity index (χ1n) is 5.98. The van der Waals surface area contributed by atoms with Gasteiger partial charge in [0.2, 0.25) is 0 Å². The standard InChI is InChI=1S/C13H17N3S2/c1-7(2)12-9(4)15-10(16-13(12)17)5-11-14-8(3)6-18-11/h6-7H,5H2,1-4H3,(H,15,16,17). The normalized spacial score (nSPS) is 11.2. The van der Waals surface area contributed by atoms with E-state index in [-0.39, 0.29) is 0 Å². The largest absolute Gasteiger partial charge is 0.347 e. The fourth-order valence-electron chi connectivity index (χ4n) is 2.05. The van der Waals surface area contributed by atoms with E-state index in [2.05, 4.69) is 41.1 Å². The molecule has 18 heavy (non-hydrogen) atoms. The van der Waals surface area contributed by atoms with Gasteiger partial charge in [-0.3, -0.25) is 0 Å². The second-order valence-electron chi connectivity index (χ2n) is 4.74. The number of hydrogen-bond acceptors (Lipinski definition) is 4. The van der Waals surface area contributed by atoms with Crippen molar-refractivity contribution in [1.82, 2.24) is 15.0 Å². The molecule has 0 saturated heterocycles. The monoisotopic (exact) mass is 279 g/mol. The van der Waals surface area contributed by atoms with Crippen molar-refractivity contribution in [3.05, 3.63) is 37.8 Å². The maximum Gasteiger partial charge on any atom is 0.133 e. The van der Waals surface area contributed by atoms with Gasteiger partial charge in [0, 0.05) is 22.3 Å². The fraction of sp³-hybridized carbons (Fsp3) is 0.462. The van der Waals surface area contributed by atoms with Crippen molar-refractivity contribution in [3.8, 4) is 0 Å². The first kappa shape index (κ1) is 13.4. The summed E-state index contributed by atoms with van der Waals surface area (Å²) in [5.41, 5.74) is 3.32. The van der Waals surface area contributed by atoms with Gasteiger partial charge < -0.3 is 4.98 Å². The molecule has 0 radical (unpaired) electrons. The van der Waals surface area contributed by atoms with Crippen molar-refractivity contribution in [3.63, 3.8) is 0 Å². The van der Waals surface area contributed by atoms with Crippen molar-refractivity contribution in [1.29, 1.82) is 0 Å². The Bertz CT molecular complexity index is 611. The molecule has 0 atom stereocenters. The topological polar surface area (TPSA) is 41.6 Å². The number of nitrogens with one attached hydrogen (secondary N) is 1. The van der Waals surface area contributed by atoms with Crippen LogP contribution in [0.4, 0.5) is 0 Å². The second-order valence-corrected chi connectivity index (χ2v) is 6.07. The number of rotatable bonds is 3. The van der Waals surface area contributed by atoms with Crippen molar-refractivity contribution in [2.24, 2.45) is 0 Å². The van der Waals surface area contributed by atoms with Crippen molar-refractivity contribution < 1.29 is 0 Å². The lowest BCUT2D eigenvalue weighted by Gasteiger charge is -2.11. The minimum absolute atomic E-state index is 0.400. The summed E-state index contributed by atoms with van der Waals surface area (Å²) in [6.07, 6.45) is 0.724. The summed E-state index contributed by atoms with van der Waals surface area (Å²) in [7, 11) is 0. The third-order valence-electron chi connectivity index (χ3n) is 2.77. The Hall–Kier alpha value is -1.07. The van der Waals surface area contributed by atoms with Gasteiger partial charge in [-0.2, -0.15) is 0 Å². The van der Waals surface area contributed by atoms with Gasteiger partial charge in [0.05, 0.1) is 6.42 Å². The highest BCUT2D eigenvalue weighted by Gasteiger charge is 2.10. The molecule has 2 aromatic rings. The summed E-state index contributed by atoms with van der Waals surface area (Å²) >= 11 is 7.04. The van der Waals surface area contributed by atoms with Gasteiger partial charge in [0.1, 0.15) is 15.5 Å². The summed E-state index contributed by atoms with van der Waals surface area (Å²) in [5, 5.41) is 3.13. The van der Waals surface area contributed by atoms with Crippen LogP contribution in [0.15, 0.2) is 5.38 Å². The number of aromatic amines is 1. The third-order valence-corrected chi connectivity index (χ3v) is 4.04. The molecule has 2 aromatic heterocycles. The van der Waals surface area contributed by atoms with Crippen molar-refractivity contribution >= 4 is 23.6 Å². The Morgan fingerprint density at radius 2 is 2.06 bits per heavy atom. The van der Waals surface area contributed by atoms with Crippen molar-refractivity contribution in [2.75, 3.05) is 0 Å². The van der Waals surface area contributed by atoms with Gasteiger partial charge in [-0.25, -0.2) is 9.97 Å². The molecule has 1 N–H and O–H groups in total. The second kappa shape index (κ2) is 5.28. The molecule has 0 spiro atoms. The first-order chi connectivity index (χ1) is 8.47. The molecular weight excluding hydrogens is 262 g/mol. The number of nitrogens with zero attached hydrogens (tertiary/aromatic N) is 2. The van der Waals surface area contributed by atoms with Crippen LogP contribution in [-0.2, 0) is 6.42 Å². The van der Waals surface area contributed by atoms with E-state index in [9.17, 15) is 0 Å². The first-order valence-corrected chi connectivity index (χ1v) is 7.27. The lowest BCUT2D eigenvalue weighted by Crippen LogP contribution is -2.05. The molecule has 0 amide bonds. The van der Waals surface area contributed by atoms with Gasteiger partial charge >= 0.3 is 0 Å². The minimum Gasteiger partial charge on any atom is -0.347 e. The predicted octanol–water partition coefficient (Wildman–Crippen LogP) is 3.93. The Morgan fingerprint density at radius 3 is 2.56 bits per heavy atom. The Balaban J connectivity index is 2.34. The number of aromatic nitrogens is 3. The fourth-order valence-corrected chi connectivity index (χ4v) is 3.32. The molecule has 96 valence electrons. The van der Waals surface area contributed by atoms with Gasteiger partial charge in [0.15, 0.2) is 0 Å². The summed E-state index contributed by atoms with van der Waals surface area (Å²) in [6, 6.07) is 0. The van der Waals surface area contributed by atoms with Gasteiger partial charge in [-0.15, -0.1) is 11.3 Å². The molecular formula is C13H17N3S2. The number of hydrogen-bond donors (Lipinski definition) is 1. The van der Waals surface area contributed by atoms with E-state index in [4.69, 9.17) is 12.2 Å². The molecule has 2 rings (SSSR count). The van der Waals surface area contributed by atoms with Crippen LogP contribution in [0.3, 0.4) is 0 Å². The number of H-pyrrole nitrogens is 1. The van der Waals surface area contributed by atoms with E-state index < -0.39 is 0 Å². The number of aryl methyl sites for hydroxylation is 2. The smallest absolute Gasteiger partial charge is 0.133 e. The van der Waals surface area contributed by atoms with E-state index in [0.717, 1.165) is 34.2 Å². The minimum atomic E-state index is 0.400. The van der Waals surface area contributed by atoms with Crippen LogP contribution in [0, 0.1) is 18.5 Å². The molecule has 0 fully saturated rings. The van der Waals surface area contributed by atoms with Crippen LogP contribution < -0.4 is 0 Å². The zero-order chi connectivity index (χ0) is 13.3. The molecule has 0 saturated carbocycles. The van der Waals surface area contributed by atoms with Crippen LogP contribution >= 0.6 is 23.6 Å². The van der Waals surface area contributed by atoms with E-state index >= 15 is 0 Å². The van der Waals surface area contributed by atoms with E-state index in [0.29, 0.717) is 10.6 Å². The van der Waals surface area contributed by atoms with Crippen LogP contribution in [0.2, 0.25) is 0 Å². The predicted molar refractivity (Wildman–Crippen MR) is 77.9 cm³/mol. The molecule has 0 aliphatic rings. The highest BCUT2D eigenvalue weighted by atomic mass is 32.1. The summed E-state index contributed by atoms with van der Waals surface area (Å²) in [6.45, 7) is 8.33. The van der Waals surface area contributed by atoms with Crippen LogP contribution in [0.5, 0.6) is 0 Å². The summed E-state index contributed by atoms with van der Waals surface area (Å²) in [5.74, 6) is 1.30. The molecule has 3 nitrogen and oxygen atoms in total. The quantitative estimate of drug-likeness (QED) is 0.866. The zero-order valence-corrected chi connectivity index (χ0v) is 12.7. The van der Waals surface area contributed by atoms with E-state index in [1.54, 1.807) is 11.3 Å². The number of thiazole rings is 1. The Morgan fingerprint density at radius 1 is 1.33 bits per heavy atom. The molecule has 2 heterocycles. The van der Waals surface area contributed by atoms with Crippen LogP contribution in [0.1, 0.15) is 47.5 Å². The maximum atomic E-state index is 5.38. The third kappa shape index (κ3) is 2.84. The van der Waals surface area contributed by atoms with Crippen LogP contribution in [0.25, 0.3) is 0 Å². The van der Waals surface area contributed by atoms with Gasteiger partial charge in [-0.1, -0.05) is 26.1 Å². The Kier molecular flexibility index (Phi) is 3.92. The average molecular weight is 279 g/mol. The van der Waals surface area contributed by atoms with Crippen LogP contribution in [-0.4, -0.2) is 15.0 Å². The van der Waals surface area contributed by atoms with E-state index in [1.165, 1.54) is 0 Å². The molecule has 0 unspecified atom stereocenters. The van der Waals surface area contributed by atoms with Gasteiger partial charge in [-0.05, 0) is 19.8 Å². The maximum absolute atomic E-state index is 5.38. The highest BCUT2D eigenvalue weighted by Crippen LogP contribution is 2.19. The Labute approximate surface area is 116 Å². The molecule has 0 bridgehead atoms. The highest BCUT2D eigenvalue weighted by molar-refractivity contribution is 7.71. The lowest BCUT2D eigenvalue weighted by molar-refractivity contribution is 0.802. The summed E-state index contributed by atoms with van der Waals surface area (Å²) < 4.78 is 0.713. The molecule has 0 aromatic carbocycles. The lowest BCUT2D eigenvalue weighted by atomic mass is 10.0. The van der Waals surface area contributed by atoms with E-state index in [1.807, 2.05) is 6.92 Å². The summed E-state index contributed by atoms with van der Waals surface area (Å²) in [4.78, 5) is 12.3.